The second-order valence-electron chi connectivity index (χ2n) is 6.50. The van der Waals surface area contributed by atoms with Gasteiger partial charge in [-0.15, -0.1) is 0 Å². The van der Waals surface area contributed by atoms with Gasteiger partial charge in [0.2, 0.25) is 0 Å². The minimum Gasteiger partial charge on any atom is -0.370 e. The number of nitrogens with zero attached hydrogens (tertiary/aromatic N) is 3. The van der Waals surface area contributed by atoms with Crippen molar-refractivity contribution >= 4 is 22.5 Å². The zero-order chi connectivity index (χ0) is 17.1. The molecule has 0 saturated heterocycles. The van der Waals surface area contributed by atoms with Crippen molar-refractivity contribution in [2.24, 2.45) is 0 Å². The first-order valence-electron chi connectivity index (χ1n) is 8.83. The molecule has 0 fully saturated rings. The van der Waals surface area contributed by atoms with Crippen molar-refractivity contribution in [1.82, 2.24) is 15.0 Å². The van der Waals surface area contributed by atoms with E-state index in [9.17, 15) is 0 Å². The predicted octanol–water partition coefficient (Wildman–Crippen LogP) is 3.83. The van der Waals surface area contributed by atoms with Crippen molar-refractivity contribution in [1.29, 1.82) is 0 Å². The van der Waals surface area contributed by atoms with E-state index in [-0.39, 0.29) is 6.04 Å². The van der Waals surface area contributed by atoms with E-state index in [1.165, 1.54) is 12.0 Å². The van der Waals surface area contributed by atoms with Crippen LogP contribution in [0.25, 0.3) is 10.9 Å². The summed E-state index contributed by atoms with van der Waals surface area (Å²) in [6.07, 6.45) is 6.97. The summed E-state index contributed by atoms with van der Waals surface area (Å²) < 4.78 is 0. The number of benzene rings is 1. The quantitative estimate of drug-likeness (QED) is 0.743. The van der Waals surface area contributed by atoms with Crippen LogP contribution >= 0.6 is 0 Å². The molecule has 25 heavy (non-hydrogen) atoms. The summed E-state index contributed by atoms with van der Waals surface area (Å²) in [5, 5.41) is 7.93. The van der Waals surface area contributed by atoms with E-state index in [0.29, 0.717) is 0 Å². The molecule has 3 aromatic rings. The molecule has 0 amide bonds. The minimum atomic E-state index is 0.254. The van der Waals surface area contributed by atoms with Crippen LogP contribution in [0.15, 0.2) is 42.7 Å². The molecule has 1 aromatic carbocycles. The van der Waals surface area contributed by atoms with Gasteiger partial charge in [-0.1, -0.05) is 18.2 Å². The first kappa shape index (κ1) is 15.8. The number of hydrogen-bond acceptors (Lipinski definition) is 5. The monoisotopic (exact) mass is 332 g/mol. The number of rotatable bonds is 5. The molecule has 4 rings (SSSR count). The number of nitrogens with one attached hydrogen (secondary N) is 2. The van der Waals surface area contributed by atoms with E-state index in [1.807, 2.05) is 24.3 Å². The lowest BCUT2D eigenvalue weighted by atomic mass is 10.0. The number of anilines is 2. The Morgan fingerprint density at radius 3 is 3.08 bits per heavy atom. The van der Waals surface area contributed by atoms with Crippen molar-refractivity contribution in [2.45, 2.75) is 32.2 Å². The standard InChI is InChI=1S/C20H22N5/c1-14(24-20-17-6-2-3-7-18(17)22-13-23-20)8-10-16-11-9-15-5-4-12-21-19(15)25-16/h2-3,6-7,9-11,13-14H,4-5,8,12H2,1H3,(H,21,25)(H,22,23,24)/t14-/m0/s1. The lowest BCUT2D eigenvalue weighted by molar-refractivity contribution is 0.771. The average Bonchev–Trinajstić information content (AvgIpc) is 2.66. The topological polar surface area (TPSA) is 62.7 Å². The molecule has 0 unspecified atom stereocenters. The van der Waals surface area contributed by atoms with Gasteiger partial charge < -0.3 is 10.6 Å². The van der Waals surface area contributed by atoms with Crippen LogP contribution in [-0.2, 0) is 6.42 Å². The number of para-hydroxylation sites is 1. The average molecular weight is 332 g/mol. The van der Waals surface area contributed by atoms with Crippen LogP contribution in [0.5, 0.6) is 0 Å². The molecule has 5 nitrogen and oxygen atoms in total. The second-order valence-corrected chi connectivity index (χ2v) is 6.50. The summed E-state index contributed by atoms with van der Waals surface area (Å²) >= 11 is 0. The summed E-state index contributed by atoms with van der Waals surface area (Å²) in [5.41, 5.74) is 3.30. The molecule has 1 radical (unpaired) electrons. The van der Waals surface area contributed by atoms with Crippen molar-refractivity contribution in [3.05, 3.63) is 60.4 Å². The predicted molar refractivity (Wildman–Crippen MR) is 102 cm³/mol. The largest absolute Gasteiger partial charge is 0.370 e. The highest BCUT2D eigenvalue weighted by molar-refractivity contribution is 5.88. The van der Waals surface area contributed by atoms with Gasteiger partial charge >= 0.3 is 0 Å². The Hall–Kier alpha value is -2.69. The summed E-state index contributed by atoms with van der Waals surface area (Å²) in [4.78, 5) is 13.4. The summed E-state index contributed by atoms with van der Waals surface area (Å²) in [6.45, 7) is 3.17. The Morgan fingerprint density at radius 1 is 1.20 bits per heavy atom. The third-order valence-corrected chi connectivity index (χ3v) is 4.52. The highest BCUT2D eigenvalue weighted by Crippen LogP contribution is 2.22. The molecule has 1 atom stereocenters. The van der Waals surface area contributed by atoms with Gasteiger partial charge in [-0.25, -0.2) is 15.0 Å². The number of aromatic nitrogens is 3. The summed E-state index contributed by atoms with van der Waals surface area (Å²) in [7, 11) is 0. The van der Waals surface area contributed by atoms with Crippen molar-refractivity contribution in [3.8, 4) is 0 Å². The van der Waals surface area contributed by atoms with Gasteiger partial charge in [0, 0.05) is 30.1 Å². The molecule has 127 valence electrons. The fourth-order valence-corrected chi connectivity index (χ4v) is 3.17. The van der Waals surface area contributed by atoms with Crippen molar-refractivity contribution in [3.63, 3.8) is 0 Å². The van der Waals surface area contributed by atoms with Gasteiger partial charge in [-0.05, 0) is 49.9 Å². The highest BCUT2D eigenvalue weighted by atomic mass is 15.0. The van der Waals surface area contributed by atoms with Crippen LogP contribution in [-0.4, -0.2) is 27.5 Å². The van der Waals surface area contributed by atoms with E-state index >= 15 is 0 Å². The van der Waals surface area contributed by atoms with Crippen molar-refractivity contribution in [2.75, 3.05) is 17.2 Å². The van der Waals surface area contributed by atoms with Crippen LogP contribution in [0.3, 0.4) is 0 Å². The van der Waals surface area contributed by atoms with E-state index < -0.39 is 0 Å². The third kappa shape index (κ3) is 3.55. The number of fused-ring (bicyclic) bond motifs is 2. The van der Waals surface area contributed by atoms with E-state index in [4.69, 9.17) is 4.98 Å². The van der Waals surface area contributed by atoms with Gasteiger partial charge in [0.1, 0.15) is 18.0 Å². The smallest absolute Gasteiger partial charge is 0.137 e. The molecular weight excluding hydrogens is 310 g/mol. The van der Waals surface area contributed by atoms with Gasteiger partial charge in [-0.3, -0.25) is 0 Å². The Morgan fingerprint density at radius 2 is 2.12 bits per heavy atom. The van der Waals surface area contributed by atoms with E-state index in [2.05, 4.69) is 46.1 Å². The molecule has 3 heterocycles. The molecule has 5 heteroatoms. The van der Waals surface area contributed by atoms with Crippen LogP contribution in [0.4, 0.5) is 11.6 Å². The number of hydrogen-bond donors (Lipinski definition) is 2. The Labute approximate surface area is 147 Å². The Bertz CT molecular complexity index is 872. The van der Waals surface area contributed by atoms with Crippen LogP contribution in [0, 0.1) is 6.42 Å². The fourth-order valence-electron chi connectivity index (χ4n) is 3.17. The number of aryl methyl sites for hydroxylation is 1. The lowest BCUT2D eigenvalue weighted by Gasteiger charge is -2.18. The SMILES string of the molecule is C[C@@H](C[CH]c1ccc2c(n1)NCCC2)Nc1ncnc2ccccc12. The normalized spacial score (nSPS) is 14.6. The molecule has 1 aliphatic rings. The first-order valence-corrected chi connectivity index (χ1v) is 8.83. The Kier molecular flexibility index (Phi) is 4.46. The van der Waals surface area contributed by atoms with E-state index in [0.717, 1.165) is 47.6 Å². The van der Waals surface area contributed by atoms with E-state index in [1.54, 1.807) is 6.33 Å². The van der Waals surface area contributed by atoms with Crippen LogP contribution < -0.4 is 10.6 Å². The van der Waals surface area contributed by atoms with Gasteiger partial charge in [-0.2, -0.15) is 0 Å². The van der Waals surface area contributed by atoms with Crippen molar-refractivity contribution < 1.29 is 0 Å². The minimum absolute atomic E-state index is 0.254. The highest BCUT2D eigenvalue weighted by Gasteiger charge is 2.12. The third-order valence-electron chi connectivity index (χ3n) is 4.52. The number of pyridine rings is 1. The second kappa shape index (κ2) is 7.05. The molecule has 2 N–H and O–H groups in total. The molecule has 0 spiro atoms. The van der Waals surface area contributed by atoms with Gasteiger partial charge in [0.05, 0.1) is 5.52 Å². The molecular formula is C20H22N5. The van der Waals surface area contributed by atoms with Gasteiger partial charge in [0.15, 0.2) is 0 Å². The van der Waals surface area contributed by atoms with Gasteiger partial charge in [0.25, 0.3) is 0 Å². The zero-order valence-corrected chi connectivity index (χ0v) is 14.4. The maximum atomic E-state index is 4.72. The van der Waals surface area contributed by atoms with Crippen LogP contribution in [0.1, 0.15) is 31.0 Å². The molecule has 0 bridgehead atoms. The zero-order valence-electron chi connectivity index (χ0n) is 14.4. The lowest BCUT2D eigenvalue weighted by Crippen LogP contribution is -2.17. The first-order chi connectivity index (χ1) is 12.3. The molecule has 2 aromatic heterocycles. The summed E-state index contributed by atoms with van der Waals surface area (Å²) in [5.74, 6) is 1.92. The maximum Gasteiger partial charge on any atom is 0.137 e. The Balaban J connectivity index is 1.41. The molecule has 0 saturated carbocycles. The maximum absolute atomic E-state index is 4.72. The fraction of sp³-hybridized carbons (Fsp3) is 0.300. The van der Waals surface area contributed by atoms with Crippen LogP contribution in [0.2, 0.25) is 0 Å². The molecule has 1 aliphatic heterocycles. The summed E-state index contributed by atoms with van der Waals surface area (Å²) in [6, 6.07) is 12.6. The molecule has 0 aliphatic carbocycles.